The largest absolute Gasteiger partial charge is 0.493 e. The van der Waals surface area contributed by atoms with E-state index >= 15 is 0 Å². The van der Waals surface area contributed by atoms with E-state index in [2.05, 4.69) is 10.6 Å². The quantitative estimate of drug-likeness (QED) is 0.630. The van der Waals surface area contributed by atoms with Gasteiger partial charge in [0.15, 0.2) is 18.1 Å². The second-order valence-corrected chi connectivity index (χ2v) is 6.55. The van der Waals surface area contributed by atoms with E-state index in [9.17, 15) is 9.59 Å². The van der Waals surface area contributed by atoms with E-state index in [1.54, 1.807) is 18.2 Å². The number of carbonyl (C=O) groups excluding carboxylic acids is 2. The molecule has 1 saturated heterocycles. The van der Waals surface area contributed by atoms with Gasteiger partial charge in [0.1, 0.15) is 6.10 Å². The molecule has 0 unspecified atom stereocenters. The molecule has 26 heavy (non-hydrogen) atoms. The number of rotatable bonds is 8. The molecule has 2 atom stereocenters. The molecule has 1 aliphatic carbocycles. The van der Waals surface area contributed by atoms with Gasteiger partial charge in [-0.25, -0.2) is 0 Å². The molecule has 1 aliphatic heterocycles. The Bertz CT molecular complexity index is 662. The molecule has 0 spiro atoms. The normalized spacial score (nSPS) is 21.9. The molecule has 1 aromatic carbocycles. The third-order valence-electron chi connectivity index (χ3n) is 4.40. The second kappa shape index (κ2) is 8.37. The van der Waals surface area contributed by atoms with E-state index < -0.39 is 6.10 Å². The molecule has 1 saturated carbocycles. The number of hydrogen-bond donors (Lipinski definition) is 3. The summed E-state index contributed by atoms with van der Waals surface area (Å²) in [5.41, 5.74) is 6.12. The highest BCUT2D eigenvalue weighted by atomic mass is 16.5. The number of ether oxygens (including phenoxy) is 3. The van der Waals surface area contributed by atoms with Crippen LogP contribution in [0.3, 0.4) is 0 Å². The van der Waals surface area contributed by atoms with Gasteiger partial charge in [0.25, 0.3) is 11.8 Å². The van der Waals surface area contributed by atoms with Gasteiger partial charge in [-0.05, 0) is 37.8 Å². The zero-order chi connectivity index (χ0) is 18.5. The summed E-state index contributed by atoms with van der Waals surface area (Å²) in [6.45, 7) is 0.307. The number of benzene rings is 1. The molecule has 8 heteroatoms. The Labute approximate surface area is 152 Å². The van der Waals surface area contributed by atoms with Gasteiger partial charge in [-0.2, -0.15) is 0 Å². The lowest BCUT2D eigenvalue weighted by Gasteiger charge is -2.15. The highest BCUT2D eigenvalue weighted by Crippen LogP contribution is 2.31. The van der Waals surface area contributed by atoms with Gasteiger partial charge < -0.3 is 30.6 Å². The fourth-order valence-corrected chi connectivity index (χ4v) is 2.80. The van der Waals surface area contributed by atoms with Crippen molar-refractivity contribution in [2.45, 2.75) is 43.9 Å². The van der Waals surface area contributed by atoms with Crippen molar-refractivity contribution in [3.8, 4) is 11.5 Å². The average Bonchev–Trinajstić information content (AvgIpc) is 3.32. The summed E-state index contributed by atoms with van der Waals surface area (Å²) in [5, 5.41) is 5.66. The number of nitrogens with one attached hydrogen (secondary N) is 2. The lowest BCUT2D eigenvalue weighted by atomic mass is 10.2. The molecule has 8 nitrogen and oxygen atoms in total. The minimum absolute atomic E-state index is 0.0644. The number of carbonyl (C=O) groups is 2. The van der Waals surface area contributed by atoms with E-state index in [0.717, 1.165) is 19.3 Å². The standard InChI is InChI=1S/C18H25N3O5/c1-24-14-6-4-12(21-18(23)15-7-5-13(9-19)26-15)8-16(14)25-10-17(22)20-11-2-3-11/h4,6,8,11,13,15H,2-3,5,7,9-10,19H2,1H3,(H,20,22)(H,21,23)/t13-,15+/m1/s1. The molecule has 0 aromatic heterocycles. The van der Waals surface area contributed by atoms with Crippen LogP contribution in [-0.4, -0.2) is 50.3 Å². The van der Waals surface area contributed by atoms with E-state index in [4.69, 9.17) is 19.9 Å². The Morgan fingerprint density at radius 2 is 2.04 bits per heavy atom. The first kappa shape index (κ1) is 18.5. The number of hydrogen-bond acceptors (Lipinski definition) is 6. The van der Waals surface area contributed by atoms with Crippen LogP contribution in [-0.2, 0) is 14.3 Å². The number of nitrogens with two attached hydrogens (primary N) is 1. The molecule has 3 rings (SSSR count). The summed E-state index contributed by atoms with van der Waals surface area (Å²) in [5.74, 6) is 0.491. The van der Waals surface area contributed by atoms with Gasteiger partial charge in [-0.15, -0.1) is 0 Å². The maximum atomic E-state index is 12.3. The Morgan fingerprint density at radius 1 is 1.23 bits per heavy atom. The van der Waals surface area contributed by atoms with Gasteiger partial charge in [0, 0.05) is 24.3 Å². The third-order valence-corrected chi connectivity index (χ3v) is 4.40. The number of methoxy groups -OCH3 is 1. The minimum Gasteiger partial charge on any atom is -0.493 e. The van der Waals surface area contributed by atoms with E-state index in [1.165, 1.54) is 7.11 Å². The van der Waals surface area contributed by atoms with Crippen LogP contribution in [0.15, 0.2) is 18.2 Å². The lowest BCUT2D eigenvalue weighted by molar-refractivity contribution is -0.126. The average molecular weight is 363 g/mol. The topological polar surface area (TPSA) is 112 Å². The van der Waals surface area contributed by atoms with E-state index in [1.807, 2.05) is 0 Å². The van der Waals surface area contributed by atoms with Crippen molar-refractivity contribution in [3.05, 3.63) is 18.2 Å². The second-order valence-electron chi connectivity index (χ2n) is 6.55. The molecule has 4 N–H and O–H groups in total. The van der Waals surface area contributed by atoms with Crippen molar-refractivity contribution in [1.29, 1.82) is 0 Å². The highest BCUT2D eigenvalue weighted by molar-refractivity contribution is 5.94. The van der Waals surface area contributed by atoms with Crippen LogP contribution in [0.4, 0.5) is 5.69 Å². The molecule has 142 valence electrons. The number of anilines is 1. The van der Waals surface area contributed by atoms with Gasteiger partial charge >= 0.3 is 0 Å². The lowest BCUT2D eigenvalue weighted by Crippen LogP contribution is -2.30. The third kappa shape index (κ3) is 4.86. The smallest absolute Gasteiger partial charge is 0.258 e. The van der Waals surface area contributed by atoms with Crippen LogP contribution in [0.5, 0.6) is 11.5 Å². The summed E-state index contributed by atoms with van der Waals surface area (Å²) < 4.78 is 16.4. The molecular formula is C18H25N3O5. The van der Waals surface area contributed by atoms with Crippen LogP contribution in [0.2, 0.25) is 0 Å². The fourth-order valence-electron chi connectivity index (χ4n) is 2.80. The summed E-state index contributed by atoms with van der Waals surface area (Å²) in [6, 6.07) is 5.31. The molecular weight excluding hydrogens is 338 g/mol. The summed E-state index contributed by atoms with van der Waals surface area (Å²) in [6.07, 6.45) is 2.90. The van der Waals surface area contributed by atoms with Gasteiger partial charge in [0.05, 0.1) is 13.2 Å². The van der Waals surface area contributed by atoms with Gasteiger partial charge in [-0.1, -0.05) is 0 Å². The fraction of sp³-hybridized carbons (Fsp3) is 0.556. The highest BCUT2D eigenvalue weighted by Gasteiger charge is 2.30. The molecule has 2 amide bonds. The Morgan fingerprint density at radius 3 is 2.69 bits per heavy atom. The van der Waals surface area contributed by atoms with Crippen LogP contribution in [0.25, 0.3) is 0 Å². The Hall–Kier alpha value is -2.32. The first-order valence-electron chi connectivity index (χ1n) is 8.85. The van der Waals surface area contributed by atoms with Crippen molar-refractivity contribution in [2.24, 2.45) is 5.73 Å². The van der Waals surface area contributed by atoms with E-state index in [-0.39, 0.29) is 30.6 Å². The van der Waals surface area contributed by atoms with Crippen molar-refractivity contribution in [1.82, 2.24) is 5.32 Å². The summed E-state index contributed by atoms with van der Waals surface area (Å²) in [4.78, 5) is 24.1. The van der Waals surface area contributed by atoms with Crippen molar-refractivity contribution in [2.75, 3.05) is 25.6 Å². The molecule has 0 radical (unpaired) electrons. The molecule has 2 fully saturated rings. The maximum Gasteiger partial charge on any atom is 0.258 e. The van der Waals surface area contributed by atoms with Crippen LogP contribution in [0.1, 0.15) is 25.7 Å². The van der Waals surface area contributed by atoms with Gasteiger partial charge in [-0.3, -0.25) is 9.59 Å². The molecule has 1 heterocycles. The van der Waals surface area contributed by atoms with Crippen LogP contribution < -0.4 is 25.8 Å². The Balaban J connectivity index is 1.58. The predicted molar refractivity (Wildman–Crippen MR) is 95.2 cm³/mol. The predicted octanol–water partition coefficient (Wildman–Crippen LogP) is 0.797. The molecule has 1 aromatic rings. The molecule has 0 bridgehead atoms. The summed E-state index contributed by atoms with van der Waals surface area (Å²) in [7, 11) is 1.52. The monoisotopic (exact) mass is 363 g/mol. The first-order chi connectivity index (χ1) is 12.6. The van der Waals surface area contributed by atoms with Gasteiger partial charge in [0.2, 0.25) is 0 Å². The van der Waals surface area contributed by atoms with Crippen molar-refractivity contribution < 1.29 is 23.8 Å². The zero-order valence-electron chi connectivity index (χ0n) is 14.8. The van der Waals surface area contributed by atoms with Crippen LogP contribution in [0, 0.1) is 0 Å². The summed E-state index contributed by atoms with van der Waals surface area (Å²) >= 11 is 0. The van der Waals surface area contributed by atoms with E-state index in [0.29, 0.717) is 30.2 Å². The number of amides is 2. The minimum atomic E-state index is -0.501. The molecule has 2 aliphatic rings. The Kier molecular flexibility index (Phi) is 5.95. The first-order valence-corrected chi connectivity index (χ1v) is 8.85. The maximum absolute atomic E-state index is 12.3. The van der Waals surface area contributed by atoms with Crippen molar-refractivity contribution >= 4 is 17.5 Å². The van der Waals surface area contributed by atoms with Crippen molar-refractivity contribution in [3.63, 3.8) is 0 Å². The van der Waals surface area contributed by atoms with Crippen LogP contribution >= 0.6 is 0 Å². The SMILES string of the molecule is COc1ccc(NC(=O)[C@@H]2CC[C@H](CN)O2)cc1OCC(=O)NC1CC1. The zero-order valence-corrected chi connectivity index (χ0v) is 14.8.